The Balaban J connectivity index is 2.43. The first kappa shape index (κ1) is 12.5. The number of hydrogen-bond acceptors (Lipinski definition) is 3. The fraction of sp³-hybridized carbons (Fsp3) is 0.214. The molecule has 2 rings (SSSR count). The molecule has 0 amide bonds. The van der Waals surface area contributed by atoms with Gasteiger partial charge in [-0.1, -0.05) is 12.1 Å². The topological polar surface area (TPSA) is 42.4 Å². The van der Waals surface area contributed by atoms with E-state index in [0.29, 0.717) is 17.0 Å². The molecule has 2 aromatic rings. The van der Waals surface area contributed by atoms with E-state index in [-0.39, 0.29) is 5.75 Å². The Bertz CT molecular complexity index is 555. The fourth-order valence-electron chi connectivity index (χ4n) is 1.65. The van der Waals surface area contributed by atoms with Crippen LogP contribution in [0, 0.1) is 12.7 Å². The van der Waals surface area contributed by atoms with Crippen LogP contribution in [0.4, 0.5) is 4.39 Å². The van der Waals surface area contributed by atoms with Crippen molar-refractivity contribution in [1.82, 2.24) is 4.98 Å². The highest BCUT2D eigenvalue weighted by Crippen LogP contribution is 2.32. The van der Waals surface area contributed by atoms with E-state index in [4.69, 9.17) is 4.74 Å². The zero-order chi connectivity index (χ0) is 13.1. The van der Waals surface area contributed by atoms with Crippen LogP contribution in [-0.4, -0.2) is 10.1 Å². The molecule has 1 atom stereocenters. The van der Waals surface area contributed by atoms with Crippen molar-refractivity contribution < 1.29 is 14.2 Å². The summed E-state index contributed by atoms with van der Waals surface area (Å²) in [5.74, 6) is 0.0183. The fourth-order valence-corrected chi connectivity index (χ4v) is 1.65. The molecule has 1 aromatic carbocycles. The Morgan fingerprint density at radius 2 is 2.06 bits per heavy atom. The molecule has 0 fully saturated rings. The summed E-state index contributed by atoms with van der Waals surface area (Å²) in [6.45, 7) is 3.34. The molecule has 0 radical (unpaired) electrons. The van der Waals surface area contributed by atoms with Gasteiger partial charge in [0.15, 0.2) is 11.6 Å². The number of aliphatic hydroxyl groups excluding tert-OH is 1. The molecule has 0 aliphatic rings. The summed E-state index contributed by atoms with van der Waals surface area (Å²) >= 11 is 0. The van der Waals surface area contributed by atoms with Crippen LogP contribution in [0.25, 0.3) is 0 Å². The van der Waals surface area contributed by atoms with Crippen LogP contribution in [0.1, 0.15) is 24.3 Å². The first-order chi connectivity index (χ1) is 8.59. The van der Waals surface area contributed by atoms with Gasteiger partial charge in [0.05, 0.1) is 11.8 Å². The zero-order valence-electron chi connectivity index (χ0n) is 10.2. The highest BCUT2D eigenvalue weighted by molar-refractivity contribution is 5.41. The molecule has 1 N–H and O–H groups in total. The normalized spacial score (nSPS) is 12.2. The maximum atomic E-state index is 13.8. The van der Waals surface area contributed by atoms with E-state index in [9.17, 15) is 9.50 Å². The minimum Gasteiger partial charge on any atom is -0.452 e. The summed E-state index contributed by atoms with van der Waals surface area (Å²) < 4.78 is 19.3. The van der Waals surface area contributed by atoms with Gasteiger partial charge in [0.2, 0.25) is 0 Å². The molecule has 0 spiro atoms. The zero-order valence-corrected chi connectivity index (χ0v) is 10.2. The second kappa shape index (κ2) is 5.14. The van der Waals surface area contributed by atoms with Gasteiger partial charge in [-0.15, -0.1) is 0 Å². The number of pyridine rings is 1. The molecular formula is C14H14FNO2. The van der Waals surface area contributed by atoms with Crippen LogP contribution in [0.2, 0.25) is 0 Å². The second-order valence-corrected chi connectivity index (χ2v) is 4.02. The van der Waals surface area contributed by atoms with E-state index in [2.05, 4.69) is 4.98 Å². The van der Waals surface area contributed by atoms with E-state index < -0.39 is 11.9 Å². The third-order valence-electron chi connectivity index (χ3n) is 2.62. The van der Waals surface area contributed by atoms with Crippen LogP contribution < -0.4 is 4.74 Å². The number of benzene rings is 1. The van der Waals surface area contributed by atoms with Gasteiger partial charge in [-0.05, 0) is 32.0 Å². The van der Waals surface area contributed by atoms with Crippen molar-refractivity contribution in [2.45, 2.75) is 20.0 Å². The molecule has 4 heteroatoms. The number of aryl methyl sites for hydroxylation is 1. The molecule has 18 heavy (non-hydrogen) atoms. The van der Waals surface area contributed by atoms with Crippen molar-refractivity contribution in [3.63, 3.8) is 0 Å². The molecule has 0 aliphatic heterocycles. The minimum absolute atomic E-state index is 0.0450. The Labute approximate surface area is 105 Å². The Morgan fingerprint density at radius 1 is 1.28 bits per heavy atom. The number of para-hydroxylation sites is 1. The van der Waals surface area contributed by atoms with Crippen molar-refractivity contribution >= 4 is 0 Å². The largest absolute Gasteiger partial charge is 0.452 e. The van der Waals surface area contributed by atoms with Crippen molar-refractivity contribution in [1.29, 1.82) is 0 Å². The lowest BCUT2D eigenvalue weighted by Gasteiger charge is -2.14. The quantitative estimate of drug-likeness (QED) is 0.904. The van der Waals surface area contributed by atoms with E-state index in [0.717, 1.165) is 0 Å². The number of hydrogen-bond donors (Lipinski definition) is 1. The molecule has 0 saturated carbocycles. The van der Waals surface area contributed by atoms with Gasteiger partial charge in [-0.25, -0.2) is 4.39 Å². The summed E-state index contributed by atoms with van der Waals surface area (Å²) in [5, 5.41) is 9.61. The number of aromatic nitrogens is 1. The van der Waals surface area contributed by atoms with Crippen LogP contribution >= 0.6 is 0 Å². The van der Waals surface area contributed by atoms with E-state index in [1.54, 1.807) is 44.3 Å². The van der Waals surface area contributed by atoms with Gasteiger partial charge in [-0.3, -0.25) is 4.98 Å². The van der Waals surface area contributed by atoms with Gasteiger partial charge >= 0.3 is 0 Å². The Morgan fingerprint density at radius 3 is 2.72 bits per heavy atom. The monoisotopic (exact) mass is 247 g/mol. The maximum absolute atomic E-state index is 13.8. The van der Waals surface area contributed by atoms with Crippen LogP contribution in [0.5, 0.6) is 11.5 Å². The average molecular weight is 247 g/mol. The van der Waals surface area contributed by atoms with Crippen molar-refractivity contribution in [2.75, 3.05) is 0 Å². The van der Waals surface area contributed by atoms with Crippen LogP contribution in [0.15, 0.2) is 36.5 Å². The predicted molar refractivity (Wildman–Crippen MR) is 66.1 cm³/mol. The average Bonchev–Trinajstić information content (AvgIpc) is 2.34. The highest BCUT2D eigenvalue weighted by Gasteiger charge is 2.15. The Hall–Kier alpha value is -1.94. The summed E-state index contributed by atoms with van der Waals surface area (Å²) in [6.07, 6.45) is 0.840. The molecule has 0 aliphatic carbocycles. The summed E-state index contributed by atoms with van der Waals surface area (Å²) in [6, 6.07) is 7.90. The van der Waals surface area contributed by atoms with E-state index in [1.165, 1.54) is 6.07 Å². The summed E-state index contributed by atoms with van der Waals surface area (Å²) in [4.78, 5) is 4.07. The Kier molecular flexibility index (Phi) is 3.58. The number of halogens is 1. The molecule has 3 nitrogen and oxygen atoms in total. The minimum atomic E-state index is -0.798. The van der Waals surface area contributed by atoms with E-state index in [1.807, 2.05) is 0 Å². The smallest absolute Gasteiger partial charge is 0.168 e. The summed E-state index contributed by atoms with van der Waals surface area (Å²) in [5.41, 5.74) is 1.08. The van der Waals surface area contributed by atoms with Gasteiger partial charge in [0.1, 0.15) is 5.75 Å². The third kappa shape index (κ3) is 2.49. The lowest BCUT2D eigenvalue weighted by Crippen LogP contribution is -2.00. The van der Waals surface area contributed by atoms with Crippen molar-refractivity contribution in [3.05, 3.63) is 53.6 Å². The lowest BCUT2D eigenvalue weighted by atomic mass is 10.1. The standard InChI is InChI=1S/C14H14FNO2/c1-9-13(7-4-8-16-9)18-14-11(10(2)17)5-3-6-12(14)15/h3-8,10,17H,1-2H3/t10-/m0/s1. The molecule has 1 heterocycles. The van der Waals surface area contributed by atoms with Gasteiger partial charge < -0.3 is 9.84 Å². The van der Waals surface area contributed by atoms with Gasteiger partial charge in [0, 0.05) is 11.8 Å². The highest BCUT2D eigenvalue weighted by atomic mass is 19.1. The van der Waals surface area contributed by atoms with Crippen LogP contribution in [0.3, 0.4) is 0 Å². The van der Waals surface area contributed by atoms with Crippen molar-refractivity contribution in [3.8, 4) is 11.5 Å². The first-order valence-corrected chi connectivity index (χ1v) is 5.65. The number of ether oxygens (including phenoxy) is 1. The number of nitrogens with zero attached hydrogens (tertiary/aromatic N) is 1. The number of aliphatic hydroxyl groups is 1. The summed E-state index contributed by atoms with van der Waals surface area (Å²) in [7, 11) is 0. The van der Waals surface area contributed by atoms with Gasteiger partial charge in [0.25, 0.3) is 0 Å². The van der Waals surface area contributed by atoms with Crippen molar-refractivity contribution in [2.24, 2.45) is 0 Å². The van der Waals surface area contributed by atoms with Crippen LogP contribution in [-0.2, 0) is 0 Å². The van der Waals surface area contributed by atoms with Gasteiger partial charge in [-0.2, -0.15) is 0 Å². The van der Waals surface area contributed by atoms with E-state index >= 15 is 0 Å². The first-order valence-electron chi connectivity index (χ1n) is 5.65. The second-order valence-electron chi connectivity index (χ2n) is 4.02. The molecular weight excluding hydrogens is 233 g/mol. The molecule has 1 aromatic heterocycles. The lowest BCUT2D eigenvalue weighted by molar-refractivity contribution is 0.194. The third-order valence-corrected chi connectivity index (χ3v) is 2.62. The molecule has 94 valence electrons. The number of rotatable bonds is 3. The molecule has 0 saturated heterocycles. The maximum Gasteiger partial charge on any atom is 0.168 e. The molecule has 0 bridgehead atoms. The molecule has 0 unspecified atom stereocenters. The SMILES string of the molecule is Cc1ncccc1Oc1c(F)cccc1[C@H](C)O. The predicted octanol–water partition coefficient (Wildman–Crippen LogP) is 3.37.